The number of fused-ring (bicyclic) bond motifs is 16. The van der Waals surface area contributed by atoms with Crippen LogP contribution in [0, 0.1) is 0 Å². The summed E-state index contributed by atoms with van der Waals surface area (Å²) in [6, 6.07) is 170. The molecule has 25 rings (SSSR count). The second kappa shape index (κ2) is 29.3. The lowest BCUT2D eigenvalue weighted by Gasteiger charge is -2.46. The van der Waals surface area contributed by atoms with Gasteiger partial charge in [0.05, 0.1) is 33.4 Å². The summed E-state index contributed by atoms with van der Waals surface area (Å²) in [5.74, 6) is 0. The molecule has 0 saturated heterocycles. The maximum absolute atomic E-state index is 2.74. The van der Waals surface area contributed by atoms with E-state index in [1.54, 1.807) is 0 Å². The first-order chi connectivity index (χ1) is 62.6. The van der Waals surface area contributed by atoms with E-state index in [4.69, 9.17) is 0 Å². The zero-order valence-electron chi connectivity index (χ0n) is 70.6. The van der Waals surface area contributed by atoms with E-state index in [0.29, 0.717) is 0 Å². The number of hydrogen-bond acceptors (Lipinski definition) is 2. The fourth-order valence-corrected chi connectivity index (χ4v) is 21.1. The molecule has 2 aliphatic rings. The van der Waals surface area contributed by atoms with Crippen molar-refractivity contribution in [1.82, 2.24) is 9.13 Å². The van der Waals surface area contributed by atoms with E-state index in [9.17, 15) is 0 Å². The molecule has 23 aromatic rings. The Morgan fingerprint density at radius 2 is 0.512 bits per heavy atom. The minimum absolute atomic E-state index is 0.328. The van der Waals surface area contributed by atoms with Crippen LogP contribution in [-0.4, -0.2) is 15.8 Å². The van der Waals surface area contributed by atoms with Crippen LogP contribution < -0.4 is 26.2 Å². The normalized spacial score (nSPS) is 12.5. The number of aromatic nitrogens is 2. The molecule has 0 saturated carbocycles. The average molecular weight is 1620 g/mol. The lowest BCUT2D eigenvalue weighted by molar-refractivity contribution is 0.590. The van der Waals surface area contributed by atoms with Crippen LogP contribution >= 0.6 is 0 Å². The first kappa shape index (κ1) is 73.6. The van der Waals surface area contributed by atoms with Gasteiger partial charge in [0.15, 0.2) is 0 Å². The number of hydrogen-bond donors (Lipinski definition) is 0. The molecule has 0 spiro atoms. The summed E-state index contributed by atoms with van der Waals surface area (Å²) in [4.78, 5) is 5.48. The molecule has 21 aromatic carbocycles. The minimum atomic E-state index is -0.402. The predicted octanol–water partition coefficient (Wildman–Crippen LogP) is 31.2. The third-order valence-corrected chi connectivity index (χ3v) is 27.1. The van der Waals surface area contributed by atoms with Crippen LogP contribution in [-0.2, 0) is 5.41 Å². The summed E-state index contributed by atoms with van der Waals surface area (Å²) >= 11 is 0. The Bertz CT molecular complexity index is 7810. The molecule has 594 valence electrons. The maximum Gasteiger partial charge on any atom is 0.252 e. The number of anilines is 6. The lowest BCUT2D eigenvalue weighted by Crippen LogP contribution is -2.61. The molecular weight excluding hydrogens is 1530 g/mol. The van der Waals surface area contributed by atoms with Crippen molar-refractivity contribution < 1.29 is 0 Å². The second-order valence-corrected chi connectivity index (χ2v) is 35.4. The molecule has 4 nitrogen and oxygen atoms in total. The van der Waals surface area contributed by atoms with E-state index in [1.165, 1.54) is 109 Å². The Labute approximate surface area is 738 Å². The fraction of sp³-hybridized carbons (Fsp3) is 0.0328. The van der Waals surface area contributed by atoms with Crippen LogP contribution in [0.1, 0.15) is 26.3 Å². The van der Waals surface area contributed by atoms with Gasteiger partial charge in [-0.15, -0.1) is 0 Å². The van der Waals surface area contributed by atoms with Gasteiger partial charge in [-0.05, 0) is 246 Å². The summed E-state index contributed by atoms with van der Waals surface area (Å²) in [7, 11) is 0. The van der Waals surface area contributed by atoms with E-state index >= 15 is 0 Å². The van der Waals surface area contributed by atoms with E-state index in [-0.39, 0.29) is 6.71 Å². The van der Waals surface area contributed by atoms with E-state index in [0.717, 1.165) is 134 Å². The summed E-state index contributed by atoms with van der Waals surface area (Å²) in [6.45, 7) is 6.90. The van der Waals surface area contributed by atoms with Gasteiger partial charge in [0.1, 0.15) is 0 Å². The van der Waals surface area contributed by atoms with Crippen molar-refractivity contribution in [3.8, 4) is 100 Å². The van der Waals surface area contributed by atoms with Crippen molar-refractivity contribution in [2.45, 2.75) is 26.2 Å². The molecule has 0 aliphatic carbocycles. The largest absolute Gasteiger partial charge is 0.310 e. The molecule has 0 bridgehead atoms. The quantitative estimate of drug-likeness (QED) is 0.113. The van der Waals surface area contributed by atoms with Crippen molar-refractivity contribution in [3.63, 3.8) is 0 Å². The van der Waals surface area contributed by atoms with Gasteiger partial charge in [0.2, 0.25) is 0 Å². The van der Waals surface area contributed by atoms with Crippen molar-refractivity contribution in [1.29, 1.82) is 0 Å². The number of benzene rings is 21. The van der Waals surface area contributed by atoms with Gasteiger partial charge < -0.3 is 18.9 Å². The summed E-state index contributed by atoms with van der Waals surface area (Å²) in [6.07, 6.45) is 0. The molecule has 0 radical (unpaired) electrons. The Morgan fingerprint density at radius 1 is 0.205 bits per heavy atom. The highest BCUT2D eigenvalue weighted by Gasteiger charge is 2.47. The zero-order chi connectivity index (χ0) is 84.1. The van der Waals surface area contributed by atoms with Gasteiger partial charge in [-0.25, -0.2) is 0 Å². The fourth-order valence-electron chi connectivity index (χ4n) is 21.1. The number of nitrogens with zero attached hydrogens (tertiary/aromatic N) is 4. The Kier molecular flexibility index (Phi) is 17.0. The van der Waals surface area contributed by atoms with Crippen LogP contribution in [0.2, 0.25) is 0 Å². The lowest BCUT2D eigenvalue weighted by atomic mass is 9.33. The molecule has 5 heteroatoms. The van der Waals surface area contributed by atoms with Gasteiger partial charge >= 0.3 is 0 Å². The summed E-state index contributed by atoms with van der Waals surface area (Å²) in [5.41, 5.74) is 35.9. The molecule has 0 amide bonds. The predicted molar refractivity (Wildman–Crippen MR) is 541 cm³/mol. The van der Waals surface area contributed by atoms with Gasteiger partial charge in [-0.3, -0.25) is 0 Å². The SMILES string of the molecule is CC(C)(C)c1cc2c3c(c1)N(c1c(-c4ccccc4)cc(-c4ccccc4)cc1-c1ccccc1)c1cc(-n4c5ccc(-c6ccc7ccccc7c6)cc5c5c6ccccc6ccc54)ccc1B3c1ccc(-n3c4ccc(-c5ccc6ccccc6c5)cc4c4c5ccccc5ccc43)cc1N2c1c(-c2ccccc2)cc(-c2ccccc2)cc1-c1ccccc1. The first-order valence-electron chi connectivity index (χ1n) is 44.3. The van der Waals surface area contributed by atoms with Gasteiger partial charge in [-0.1, -0.05) is 360 Å². The van der Waals surface area contributed by atoms with Crippen LogP contribution in [0.25, 0.3) is 187 Å². The molecular formula is C122H83BN4. The highest BCUT2D eigenvalue weighted by atomic mass is 15.2. The third-order valence-electron chi connectivity index (χ3n) is 27.1. The van der Waals surface area contributed by atoms with Crippen LogP contribution in [0.5, 0.6) is 0 Å². The smallest absolute Gasteiger partial charge is 0.252 e. The Balaban J connectivity index is 0.827. The second-order valence-electron chi connectivity index (χ2n) is 35.4. The average Bonchev–Trinajstić information content (AvgIpc) is 0.948. The topological polar surface area (TPSA) is 16.3 Å². The van der Waals surface area contributed by atoms with Crippen molar-refractivity contribution in [2.24, 2.45) is 0 Å². The molecule has 2 aromatic heterocycles. The van der Waals surface area contributed by atoms with Crippen LogP contribution in [0.4, 0.5) is 34.1 Å². The molecule has 127 heavy (non-hydrogen) atoms. The highest BCUT2D eigenvalue weighted by Crippen LogP contribution is 2.57. The molecule has 0 unspecified atom stereocenters. The van der Waals surface area contributed by atoms with Crippen LogP contribution in [0.15, 0.2) is 449 Å². The van der Waals surface area contributed by atoms with Crippen molar-refractivity contribution in [2.75, 3.05) is 9.80 Å². The van der Waals surface area contributed by atoms with Gasteiger partial charge in [0.25, 0.3) is 6.71 Å². The first-order valence-corrected chi connectivity index (χ1v) is 44.3. The third kappa shape index (κ3) is 12.1. The monoisotopic (exact) mass is 1610 g/mol. The number of rotatable bonds is 12. The summed E-state index contributed by atoms with van der Waals surface area (Å²) < 4.78 is 5.14. The van der Waals surface area contributed by atoms with Gasteiger partial charge in [0, 0.05) is 77.9 Å². The van der Waals surface area contributed by atoms with Crippen molar-refractivity contribution in [3.05, 3.63) is 454 Å². The molecule has 0 N–H and O–H groups in total. The van der Waals surface area contributed by atoms with Crippen molar-refractivity contribution >= 4 is 144 Å². The standard InChI is InChI=1S/C122H83BN4/c1-122(2,3)96-74-115-119-116(75-96)127(121-103(84-40-18-8-19-41-84)72-95(79-32-12-5-13-33-79)73-104(121)85-42-20-9-21-43-85)114-77-98(125-110-63-57-93(91-53-51-81-35-23-25-47-89(81)67-91)69-106(110)118-100-49-29-27-45-87(100)55-65-112(118)125)59-61-108(114)123(119)107-60-58-97(76-113(107)126(115)120-101(82-36-14-6-15-37-82)70-94(78-30-10-4-11-31-78)71-102(120)83-38-16-7-17-39-83)124-109-62-56-92(90-52-50-80-34-22-24-46-88(80)66-90)68-105(109)117-99-48-28-26-44-86(99)54-64-111(117)124/h4-77H,1-3H3. The van der Waals surface area contributed by atoms with Crippen LogP contribution in [0.3, 0.4) is 0 Å². The highest BCUT2D eigenvalue weighted by molar-refractivity contribution is 7.00. The molecule has 2 aliphatic heterocycles. The molecule has 4 heterocycles. The van der Waals surface area contributed by atoms with Gasteiger partial charge in [-0.2, -0.15) is 0 Å². The Morgan fingerprint density at radius 3 is 0.882 bits per heavy atom. The minimum Gasteiger partial charge on any atom is -0.310 e. The van der Waals surface area contributed by atoms with E-state index < -0.39 is 5.41 Å². The molecule has 0 fully saturated rings. The van der Waals surface area contributed by atoms with E-state index in [1.807, 2.05) is 0 Å². The van der Waals surface area contributed by atoms with E-state index in [2.05, 4.69) is 489 Å². The molecule has 0 atom stereocenters. The zero-order valence-corrected chi connectivity index (χ0v) is 70.6. The Hall–Kier alpha value is -16.1. The summed E-state index contributed by atoms with van der Waals surface area (Å²) in [5, 5.41) is 14.6. The maximum atomic E-state index is 2.74.